The topological polar surface area (TPSA) is 50.2 Å². The number of hydrogen-bond acceptors (Lipinski definition) is 3. The van der Waals surface area contributed by atoms with E-state index in [-0.39, 0.29) is 18.5 Å². The van der Waals surface area contributed by atoms with Gasteiger partial charge in [0.05, 0.1) is 11.7 Å². The summed E-state index contributed by atoms with van der Waals surface area (Å²) in [5.74, 6) is 0.0128. The number of likely N-dealkylation sites (tertiary alicyclic amines) is 1. The second kappa shape index (κ2) is 8.81. The van der Waals surface area contributed by atoms with Crippen molar-refractivity contribution >= 4 is 5.91 Å². The molecule has 3 rings (SSSR count). The Labute approximate surface area is 150 Å². The van der Waals surface area contributed by atoms with Gasteiger partial charge in [0.1, 0.15) is 6.54 Å². The average Bonchev–Trinajstić information content (AvgIpc) is 2.86. The molecule has 25 heavy (non-hydrogen) atoms. The number of nitrogens with one attached hydrogen (secondary N) is 1. The monoisotopic (exact) mass is 340 g/mol. The van der Waals surface area contributed by atoms with E-state index in [0.29, 0.717) is 6.54 Å². The van der Waals surface area contributed by atoms with Crippen LogP contribution in [-0.2, 0) is 11.3 Å². The minimum atomic E-state index is 0.0128. The van der Waals surface area contributed by atoms with Gasteiger partial charge < -0.3 is 5.32 Å². The summed E-state index contributed by atoms with van der Waals surface area (Å²) in [6.07, 6.45) is 6.94. The Kier molecular flexibility index (Phi) is 6.23. The zero-order valence-corrected chi connectivity index (χ0v) is 15.0. The fourth-order valence-electron chi connectivity index (χ4n) is 3.50. The van der Waals surface area contributed by atoms with Gasteiger partial charge in [0.25, 0.3) is 0 Å². The third kappa shape index (κ3) is 5.16. The highest BCUT2D eigenvalue weighted by Gasteiger charge is 2.22. The van der Waals surface area contributed by atoms with Gasteiger partial charge in [-0.05, 0) is 44.5 Å². The summed E-state index contributed by atoms with van der Waals surface area (Å²) >= 11 is 0. The molecule has 0 aliphatic carbocycles. The number of carbonyl (C=O) groups excluding carboxylic acids is 1. The Morgan fingerprint density at radius 3 is 2.48 bits per heavy atom. The molecule has 0 saturated carbocycles. The molecule has 2 aromatic rings. The molecule has 1 atom stereocenters. The molecule has 1 aromatic carbocycles. The van der Waals surface area contributed by atoms with Crippen molar-refractivity contribution in [2.75, 3.05) is 19.6 Å². The molecule has 1 saturated heterocycles. The van der Waals surface area contributed by atoms with E-state index < -0.39 is 0 Å². The first kappa shape index (κ1) is 17.7. The van der Waals surface area contributed by atoms with Crippen molar-refractivity contribution in [1.82, 2.24) is 20.0 Å². The van der Waals surface area contributed by atoms with Gasteiger partial charge in [0, 0.05) is 12.7 Å². The van der Waals surface area contributed by atoms with Crippen molar-refractivity contribution in [2.24, 2.45) is 0 Å². The van der Waals surface area contributed by atoms with E-state index in [1.165, 1.54) is 31.2 Å². The third-order valence-corrected chi connectivity index (χ3v) is 4.84. The molecule has 1 aromatic heterocycles. The first-order valence-corrected chi connectivity index (χ1v) is 9.28. The van der Waals surface area contributed by atoms with Gasteiger partial charge in [-0.2, -0.15) is 5.10 Å². The molecule has 0 spiro atoms. The molecule has 1 N–H and O–H groups in total. The van der Waals surface area contributed by atoms with Gasteiger partial charge in [-0.15, -0.1) is 0 Å². The van der Waals surface area contributed by atoms with E-state index in [2.05, 4.69) is 39.6 Å². The van der Waals surface area contributed by atoms with Crippen LogP contribution in [0.3, 0.4) is 0 Å². The summed E-state index contributed by atoms with van der Waals surface area (Å²) in [5.41, 5.74) is 2.21. The molecule has 1 fully saturated rings. The smallest absolute Gasteiger partial charge is 0.241 e. The van der Waals surface area contributed by atoms with E-state index in [4.69, 9.17) is 0 Å². The lowest BCUT2D eigenvalue weighted by Crippen LogP contribution is -2.39. The molecule has 1 aliphatic heterocycles. The first-order chi connectivity index (χ1) is 12.2. The second-order valence-electron chi connectivity index (χ2n) is 6.84. The standard InChI is InChI=1S/C20H28N4O/c1-17-11-14-24(22-17)16-20(25)21-15-19(18-9-5-4-6-10-18)23-12-7-2-3-8-13-23/h4-6,9-11,14,19H,2-3,7-8,12-13,15-16H2,1H3,(H,21,25)/t19-/m1/s1. The van der Waals surface area contributed by atoms with Gasteiger partial charge in [-0.1, -0.05) is 43.2 Å². The number of amides is 1. The maximum Gasteiger partial charge on any atom is 0.241 e. The summed E-state index contributed by atoms with van der Waals surface area (Å²) in [4.78, 5) is 14.8. The number of rotatable bonds is 6. The van der Waals surface area contributed by atoms with E-state index in [1.807, 2.05) is 25.3 Å². The maximum absolute atomic E-state index is 12.3. The Balaban J connectivity index is 1.63. The first-order valence-electron chi connectivity index (χ1n) is 9.28. The molecular weight excluding hydrogens is 312 g/mol. The minimum Gasteiger partial charge on any atom is -0.353 e. The number of nitrogens with zero attached hydrogens (tertiary/aromatic N) is 3. The van der Waals surface area contributed by atoms with Crippen molar-refractivity contribution in [3.05, 3.63) is 53.9 Å². The van der Waals surface area contributed by atoms with Gasteiger partial charge in [-0.3, -0.25) is 14.4 Å². The zero-order chi connectivity index (χ0) is 17.5. The van der Waals surface area contributed by atoms with Crippen molar-refractivity contribution < 1.29 is 4.79 Å². The summed E-state index contributed by atoms with van der Waals surface area (Å²) in [7, 11) is 0. The van der Waals surface area contributed by atoms with Gasteiger partial charge >= 0.3 is 0 Å². The van der Waals surface area contributed by atoms with Crippen LogP contribution in [-0.4, -0.2) is 40.2 Å². The summed E-state index contributed by atoms with van der Waals surface area (Å²) in [5, 5.41) is 7.40. The number of carbonyl (C=O) groups is 1. The average molecular weight is 340 g/mol. The maximum atomic E-state index is 12.3. The molecular formula is C20H28N4O. The number of aromatic nitrogens is 2. The lowest BCUT2D eigenvalue weighted by atomic mass is 10.0. The summed E-state index contributed by atoms with van der Waals surface area (Å²) in [6.45, 7) is 5.05. The van der Waals surface area contributed by atoms with E-state index in [0.717, 1.165) is 18.8 Å². The molecule has 5 heteroatoms. The van der Waals surface area contributed by atoms with Crippen LogP contribution in [0.25, 0.3) is 0 Å². The zero-order valence-electron chi connectivity index (χ0n) is 15.0. The van der Waals surface area contributed by atoms with Crippen LogP contribution in [0.5, 0.6) is 0 Å². The van der Waals surface area contributed by atoms with Crippen molar-refractivity contribution in [3.8, 4) is 0 Å². The molecule has 1 aliphatic rings. The lowest BCUT2D eigenvalue weighted by Gasteiger charge is -2.31. The Morgan fingerprint density at radius 2 is 1.84 bits per heavy atom. The van der Waals surface area contributed by atoms with Crippen LogP contribution in [0, 0.1) is 6.92 Å². The largest absolute Gasteiger partial charge is 0.353 e. The van der Waals surface area contributed by atoms with Crippen LogP contribution in [0.1, 0.15) is 43.0 Å². The predicted molar refractivity (Wildman–Crippen MR) is 99.2 cm³/mol. The molecule has 1 amide bonds. The molecule has 0 radical (unpaired) electrons. The van der Waals surface area contributed by atoms with Gasteiger partial charge in [0.15, 0.2) is 0 Å². The normalized spacial score (nSPS) is 17.0. The van der Waals surface area contributed by atoms with Gasteiger partial charge in [-0.25, -0.2) is 0 Å². The number of aryl methyl sites for hydroxylation is 1. The molecule has 0 bridgehead atoms. The lowest BCUT2D eigenvalue weighted by molar-refractivity contribution is -0.122. The van der Waals surface area contributed by atoms with Crippen LogP contribution in [0.2, 0.25) is 0 Å². The minimum absolute atomic E-state index is 0.0128. The van der Waals surface area contributed by atoms with Crippen LogP contribution >= 0.6 is 0 Å². The highest BCUT2D eigenvalue weighted by molar-refractivity contribution is 5.75. The molecule has 2 heterocycles. The molecule has 0 unspecified atom stereocenters. The highest BCUT2D eigenvalue weighted by atomic mass is 16.2. The Hall–Kier alpha value is -2.14. The number of hydrogen-bond donors (Lipinski definition) is 1. The molecule has 5 nitrogen and oxygen atoms in total. The second-order valence-corrected chi connectivity index (χ2v) is 6.84. The quantitative estimate of drug-likeness (QED) is 0.880. The van der Waals surface area contributed by atoms with E-state index >= 15 is 0 Å². The number of benzene rings is 1. The molecule has 134 valence electrons. The predicted octanol–water partition coefficient (Wildman–Crippen LogP) is 2.93. The third-order valence-electron chi connectivity index (χ3n) is 4.84. The summed E-state index contributed by atoms with van der Waals surface area (Å²) < 4.78 is 1.69. The van der Waals surface area contributed by atoms with Crippen LogP contribution in [0.15, 0.2) is 42.6 Å². The summed E-state index contributed by atoms with van der Waals surface area (Å²) in [6, 6.07) is 12.7. The van der Waals surface area contributed by atoms with Crippen molar-refractivity contribution in [2.45, 2.75) is 45.2 Å². The fraction of sp³-hybridized carbons (Fsp3) is 0.500. The van der Waals surface area contributed by atoms with Crippen molar-refractivity contribution in [3.63, 3.8) is 0 Å². The SMILES string of the molecule is Cc1ccn(CC(=O)NC[C@H](c2ccccc2)N2CCCCCC2)n1. The Morgan fingerprint density at radius 1 is 1.12 bits per heavy atom. The fourth-order valence-corrected chi connectivity index (χ4v) is 3.50. The van der Waals surface area contributed by atoms with Crippen molar-refractivity contribution in [1.29, 1.82) is 0 Å². The highest BCUT2D eigenvalue weighted by Crippen LogP contribution is 2.23. The van der Waals surface area contributed by atoms with Crippen LogP contribution in [0.4, 0.5) is 0 Å². The van der Waals surface area contributed by atoms with Crippen LogP contribution < -0.4 is 5.32 Å². The van der Waals surface area contributed by atoms with E-state index in [1.54, 1.807) is 4.68 Å². The van der Waals surface area contributed by atoms with E-state index in [9.17, 15) is 4.79 Å². The van der Waals surface area contributed by atoms with Gasteiger partial charge in [0.2, 0.25) is 5.91 Å². The Bertz CT molecular complexity index is 659.